The molecule has 92 valence electrons. The molecule has 0 rings (SSSR count). The van der Waals surface area contributed by atoms with E-state index in [-0.39, 0.29) is 12.6 Å². The van der Waals surface area contributed by atoms with Gasteiger partial charge < -0.3 is 14.2 Å². The zero-order valence-corrected chi connectivity index (χ0v) is 10.6. The van der Waals surface area contributed by atoms with Crippen LogP contribution in [-0.2, 0) is 14.2 Å². The third kappa shape index (κ3) is 7.77. The van der Waals surface area contributed by atoms with Crippen molar-refractivity contribution in [3.8, 4) is 0 Å². The minimum Gasteiger partial charge on any atom is -0.356 e. The van der Waals surface area contributed by atoms with Crippen LogP contribution >= 0.6 is 0 Å². The normalized spacial score (nSPS) is 15.2. The Bertz CT molecular complexity index is 114. The van der Waals surface area contributed by atoms with E-state index < -0.39 is 0 Å². The van der Waals surface area contributed by atoms with E-state index in [9.17, 15) is 0 Å². The number of hydrogen-bond donors (Lipinski definition) is 0. The smallest absolute Gasteiger partial charge is 0.160 e. The summed E-state index contributed by atoms with van der Waals surface area (Å²) in [6.07, 6.45) is 6.23. The Labute approximate surface area is 94.1 Å². The Morgan fingerprint density at radius 2 is 1.20 bits per heavy atom. The lowest BCUT2D eigenvalue weighted by molar-refractivity contribution is -0.233. The first kappa shape index (κ1) is 14.9. The zero-order valence-electron chi connectivity index (χ0n) is 10.6. The summed E-state index contributed by atoms with van der Waals surface area (Å²) in [4.78, 5) is 0. The molecular weight excluding hydrogens is 192 g/mol. The Hall–Kier alpha value is -0.120. The fourth-order valence-electron chi connectivity index (χ4n) is 1.39. The predicted molar refractivity (Wildman–Crippen MR) is 61.7 cm³/mol. The number of ether oxygens (including phenoxy) is 3. The van der Waals surface area contributed by atoms with Crippen molar-refractivity contribution < 1.29 is 14.2 Å². The van der Waals surface area contributed by atoms with Crippen molar-refractivity contribution in [1.29, 1.82) is 0 Å². The summed E-state index contributed by atoms with van der Waals surface area (Å²) in [5, 5.41) is 0. The van der Waals surface area contributed by atoms with Crippen molar-refractivity contribution in [2.24, 2.45) is 0 Å². The van der Waals surface area contributed by atoms with E-state index >= 15 is 0 Å². The number of hydrogen-bond acceptors (Lipinski definition) is 3. The van der Waals surface area contributed by atoms with Gasteiger partial charge in [0.15, 0.2) is 12.6 Å². The predicted octanol–water partition coefficient (Wildman–Crippen LogP) is 3.33. The van der Waals surface area contributed by atoms with Crippen LogP contribution in [-0.4, -0.2) is 26.8 Å². The van der Waals surface area contributed by atoms with E-state index in [0.29, 0.717) is 0 Å². The first-order valence-electron chi connectivity index (χ1n) is 5.99. The molecule has 0 amide bonds. The second-order valence-electron chi connectivity index (χ2n) is 3.75. The second-order valence-corrected chi connectivity index (χ2v) is 3.75. The Morgan fingerprint density at radius 3 is 1.47 bits per heavy atom. The molecule has 2 unspecified atom stereocenters. The van der Waals surface area contributed by atoms with Gasteiger partial charge in [0.1, 0.15) is 0 Å². The van der Waals surface area contributed by atoms with E-state index in [4.69, 9.17) is 14.2 Å². The van der Waals surface area contributed by atoms with Gasteiger partial charge in [0.2, 0.25) is 0 Å². The summed E-state index contributed by atoms with van der Waals surface area (Å²) < 4.78 is 16.2. The van der Waals surface area contributed by atoms with Gasteiger partial charge >= 0.3 is 0 Å². The summed E-state index contributed by atoms with van der Waals surface area (Å²) in [6, 6.07) is 0. The van der Waals surface area contributed by atoms with E-state index in [2.05, 4.69) is 13.8 Å². The Balaban J connectivity index is 3.77. The molecule has 0 saturated carbocycles. The van der Waals surface area contributed by atoms with Crippen LogP contribution in [0.2, 0.25) is 0 Å². The Morgan fingerprint density at radius 1 is 0.800 bits per heavy atom. The second kappa shape index (κ2) is 10.4. The molecule has 3 heteroatoms. The molecule has 15 heavy (non-hydrogen) atoms. The highest BCUT2D eigenvalue weighted by Gasteiger charge is 2.14. The fraction of sp³-hybridized carbons (Fsp3) is 1.00. The highest BCUT2D eigenvalue weighted by Crippen LogP contribution is 2.13. The maximum absolute atomic E-state index is 5.71. The summed E-state index contributed by atoms with van der Waals surface area (Å²) >= 11 is 0. The van der Waals surface area contributed by atoms with Crippen LogP contribution in [0.5, 0.6) is 0 Å². The molecule has 0 aromatic rings. The minimum absolute atomic E-state index is 0.119. The van der Waals surface area contributed by atoms with Crippen molar-refractivity contribution >= 4 is 0 Å². The topological polar surface area (TPSA) is 27.7 Å². The van der Waals surface area contributed by atoms with Crippen LogP contribution < -0.4 is 0 Å². The molecule has 0 aromatic heterocycles. The van der Waals surface area contributed by atoms with Crippen molar-refractivity contribution in [1.82, 2.24) is 0 Å². The highest BCUT2D eigenvalue weighted by atomic mass is 16.8. The molecule has 0 radical (unpaired) electrons. The largest absolute Gasteiger partial charge is 0.356 e. The molecule has 2 atom stereocenters. The van der Waals surface area contributed by atoms with Crippen molar-refractivity contribution in [3.63, 3.8) is 0 Å². The van der Waals surface area contributed by atoms with Gasteiger partial charge in [-0.2, -0.15) is 0 Å². The standard InChI is InChI=1S/C12H26O3/c1-5-7-9-11(13-3)15-12(14-4)10-8-6-2/h11-12H,5-10H2,1-4H3. The molecule has 0 heterocycles. The van der Waals surface area contributed by atoms with Crippen molar-refractivity contribution in [2.75, 3.05) is 14.2 Å². The average molecular weight is 218 g/mol. The molecule has 0 bridgehead atoms. The van der Waals surface area contributed by atoms with Gasteiger partial charge in [-0.3, -0.25) is 0 Å². The molecule has 0 aliphatic rings. The third-order valence-corrected chi connectivity index (χ3v) is 2.42. The minimum atomic E-state index is -0.119. The Kier molecular flexibility index (Phi) is 10.3. The number of rotatable bonds is 10. The lowest BCUT2D eigenvalue weighted by Crippen LogP contribution is -2.25. The quantitative estimate of drug-likeness (QED) is 0.526. The van der Waals surface area contributed by atoms with Crippen LogP contribution in [0.3, 0.4) is 0 Å². The molecule has 0 N–H and O–H groups in total. The van der Waals surface area contributed by atoms with Gasteiger partial charge in [0, 0.05) is 14.2 Å². The molecule has 0 spiro atoms. The lowest BCUT2D eigenvalue weighted by Gasteiger charge is -2.22. The molecule has 0 fully saturated rings. The van der Waals surface area contributed by atoms with Crippen LogP contribution in [0.25, 0.3) is 0 Å². The molecule has 0 aliphatic carbocycles. The van der Waals surface area contributed by atoms with Gasteiger partial charge in [0.25, 0.3) is 0 Å². The average Bonchev–Trinajstić information content (AvgIpc) is 2.28. The van der Waals surface area contributed by atoms with E-state index in [0.717, 1.165) is 38.5 Å². The van der Waals surface area contributed by atoms with Crippen molar-refractivity contribution in [3.05, 3.63) is 0 Å². The van der Waals surface area contributed by atoms with Gasteiger partial charge in [-0.15, -0.1) is 0 Å². The van der Waals surface area contributed by atoms with Crippen LogP contribution in [0.15, 0.2) is 0 Å². The maximum atomic E-state index is 5.71. The van der Waals surface area contributed by atoms with Gasteiger partial charge in [-0.1, -0.05) is 26.7 Å². The summed E-state index contributed by atoms with van der Waals surface area (Å²) in [5.74, 6) is 0. The van der Waals surface area contributed by atoms with E-state index in [1.165, 1.54) is 0 Å². The zero-order chi connectivity index (χ0) is 11.5. The SMILES string of the molecule is CCCCC(OC)OC(CCCC)OC. The maximum Gasteiger partial charge on any atom is 0.160 e. The molecule has 3 nitrogen and oxygen atoms in total. The molecule has 0 saturated heterocycles. The third-order valence-electron chi connectivity index (χ3n) is 2.42. The van der Waals surface area contributed by atoms with Crippen molar-refractivity contribution in [2.45, 2.75) is 65.0 Å². The first-order valence-corrected chi connectivity index (χ1v) is 5.99. The number of unbranched alkanes of at least 4 members (excludes halogenated alkanes) is 2. The lowest BCUT2D eigenvalue weighted by atomic mass is 10.2. The van der Waals surface area contributed by atoms with Gasteiger partial charge in [-0.05, 0) is 25.7 Å². The summed E-state index contributed by atoms with van der Waals surface area (Å²) in [7, 11) is 3.37. The molecule has 0 aliphatic heterocycles. The van der Waals surface area contributed by atoms with Gasteiger partial charge in [-0.25, -0.2) is 0 Å². The number of methoxy groups -OCH3 is 2. The summed E-state index contributed by atoms with van der Waals surface area (Å²) in [5.41, 5.74) is 0. The fourth-order valence-corrected chi connectivity index (χ4v) is 1.39. The van der Waals surface area contributed by atoms with E-state index in [1.807, 2.05) is 0 Å². The molecular formula is C12H26O3. The van der Waals surface area contributed by atoms with Crippen LogP contribution in [0.4, 0.5) is 0 Å². The highest BCUT2D eigenvalue weighted by molar-refractivity contribution is 4.50. The molecule has 0 aromatic carbocycles. The first-order chi connectivity index (χ1) is 7.28. The van der Waals surface area contributed by atoms with E-state index in [1.54, 1.807) is 14.2 Å². The summed E-state index contributed by atoms with van der Waals surface area (Å²) in [6.45, 7) is 4.33. The monoisotopic (exact) mass is 218 g/mol. The van der Waals surface area contributed by atoms with Gasteiger partial charge in [0.05, 0.1) is 0 Å². The van der Waals surface area contributed by atoms with Crippen LogP contribution in [0, 0.1) is 0 Å². The van der Waals surface area contributed by atoms with Crippen LogP contribution in [0.1, 0.15) is 52.4 Å².